The number of amides is 1. The summed E-state index contributed by atoms with van der Waals surface area (Å²) in [6.07, 6.45) is 3.69. The molecule has 0 aliphatic heterocycles. The third kappa shape index (κ3) is 3.26. The smallest absolute Gasteiger partial charge is 0.248 e. The maximum atomic E-state index is 11.1. The quantitative estimate of drug-likeness (QED) is 0.689. The first-order valence-corrected chi connectivity index (χ1v) is 8.44. The molecule has 2 aromatic heterocycles. The van der Waals surface area contributed by atoms with Crippen LogP contribution in [0.1, 0.15) is 16.1 Å². The number of aromatic nitrogens is 2. The minimum absolute atomic E-state index is 0.450. The van der Waals surface area contributed by atoms with Crippen molar-refractivity contribution in [1.82, 2.24) is 10.1 Å². The number of nitrogens with zero attached hydrogens (tertiary/aromatic N) is 2. The van der Waals surface area contributed by atoms with Crippen molar-refractivity contribution in [3.8, 4) is 11.1 Å². The van der Waals surface area contributed by atoms with Gasteiger partial charge in [-0.25, -0.2) is 4.98 Å². The van der Waals surface area contributed by atoms with Crippen molar-refractivity contribution in [2.24, 2.45) is 5.73 Å². The van der Waals surface area contributed by atoms with Crippen LogP contribution in [-0.2, 0) is 0 Å². The third-order valence-electron chi connectivity index (χ3n) is 3.52. The van der Waals surface area contributed by atoms with Gasteiger partial charge in [-0.1, -0.05) is 5.16 Å². The SMILES string of the molecule is CSc1noc(C)c1-c1ccnc(Nc2ccc(C(N)=O)cc2)c1. The average Bonchev–Trinajstić information content (AvgIpc) is 2.96. The molecule has 0 radical (unpaired) electrons. The molecule has 0 atom stereocenters. The second-order valence-corrected chi connectivity index (χ2v) is 5.91. The number of carbonyl (C=O) groups excluding carboxylic acids is 1. The molecule has 3 aromatic rings. The Labute approximate surface area is 143 Å². The maximum absolute atomic E-state index is 11.1. The number of carbonyl (C=O) groups is 1. The number of aryl methyl sites for hydroxylation is 1. The number of benzene rings is 1. The van der Waals surface area contributed by atoms with Gasteiger partial charge in [0.2, 0.25) is 5.91 Å². The molecule has 1 amide bonds. The summed E-state index contributed by atoms with van der Waals surface area (Å²) in [4.78, 5) is 15.4. The second-order valence-electron chi connectivity index (χ2n) is 5.12. The van der Waals surface area contributed by atoms with Gasteiger partial charge in [0.05, 0.1) is 5.56 Å². The van der Waals surface area contributed by atoms with Crippen LogP contribution in [0.2, 0.25) is 0 Å². The van der Waals surface area contributed by atoms with Crippen LogP contribution in [0.3, 0.4) is 0 Å². The van der Waals surface area contributed by atoms with Crippen LogP contribution < -0.4 is 11.1 Å². The lowest BCUT2D eigenvalue weighted by Crippen LogP contribution is -2.10. The van der Waals surface area contributed by atoms with E-state index in [-0.39, 0.29) is 0 Å². The highest BCUT2D eigenvalue weighted by atomic mass is 32.2. The molecule has 24 heavy (non-hydrogen) atoms. The normalized spacial score (nSPS) is 10.6. The first-order valence-electron chi connectivity index (χ1n) is 7.22. The Bertz CT molecular complexity index is 875. The molecule has 6 nitrogen and oxygen atoms in total. The Morgan fingerprint density at radius 2 is 2.00 bits per heavy atom. The van der Waals surface area contributed by atoms with Crippen LogP contribution >= 0.6 is 11.8 Å². The lowest BCUT2D eigenvalue weighted by Gasteiger charge is -2.08. The number of primary amides is 1. The average molecular weight is 340 g/mol. The number of hydrogen-bond acceptors (Lipinski definition) is 6. The molecule has 0 spiro atoms. The summed E-state index contributed by atoms with van der Waals surface area (Å²) >= 11 is 1.54. The number of anilines is 2. The highest BCUT2D eigenvalue weighted by Crippen LogP contribution is 2.33. The van der Waals surface area contributed by atoms with Crippen molar-refractivity contribution >= 4 is 29.2 Å². The lowest BCUT2D eigenvalue weighted by atomic mass is 10.1. The standard InChI is InChI=1S/C17H16N4O2S/c1-10-15(17(24-2)21-23-10)12-7-8-19-14(9-12)20-13-5-3-11(4-6-13)16(18)22/h3-9H,1-2H3,(H2,18,22)(H,19,20). The van der Waals surface area contributed by atoms with Gasteiger partial charge in [-0.05, 0) is 55.1 Å². The van der Waals surface area contributed by atoms with Gasteiger partial charge in [-0.3, -0.25) is 4.79 Å². The second kappa shape index (κ2) is 6.76. The van der Waals surface area contributed by atoms with E-state index in [4.69, 9.17) is 10.3 Å². The van der Waals surface area contributed by atoms with Crippen molar-refractivity contribution in [3.63, 3.8) is 0 Å². The Morgan fingerprint density at radius 3 is 2.67 bits per heavy atom. The van der Waals surface area contributed by atoms with Gasteiger partial charge in [0.25, 0.3) is 0 Å². The zero-order valence-corrected chi connectivity index (χ0v) is 14.1. The summed E-state index contributed by atoms with van der Waals surface area (Å²) in [7, 11) is 0. The topological polar surface area (TPSA) is 94.0 Å². The predicted molar refractivity (Wildman–Crippen MR) is 94.5 cm³/mol. The van der Waals surface area contributed by atoms with E-state index in [9.17, 15) is 4.79 Å². The van der Waals surface area contributed by atoms with Crippen LogP contribution in [0, 0.1) is 6.92 Å². The van der Waals surface area contributed by atoms with Crippen molar-refractivity contribution < 1.29 is 9.32 Å². The third-order valence-corrected chi connectivity index (χ3v) is 4.18. The monoisotopic (exact) mass is 340 g/mol. The minimum atomic E-state index is -0.450. The summed E-state index contributed by atoms with van der Waals surface area (Å²) in [6, 6.07) is 10.8. The van der Waals surface area contributed by atoms with E-state index in [0.717, 1.165) is 27.6 Å². The Kier molecular flexibility index (Phi) is 4.52. The molecule has 0 saturated heterocycles. The first-order chi connectivity index (χ1) is 11.6. The lowest BCUT2D eigenvalue weighted by molar-refractivity contribution is 0.100. The molecular weight excluding hydrogens is 324 g/mol. The van der Waals surface area contributed by atoms with E-state index in [1.807, 2.05) is 25.3 Å². The fourth-order valence-corrected chi connectivity index (χ4v) is 2.92. The molecule has 2 heterocycles. The number of hydrogen-bond donors (Lipinski definition) is 2. The molecular formula is C17H16N4O2S. The number of pyridine rings is 1. The van der Waals surface area contributed by atoms with Crippen LogP contribution in [0.4, 0.5) is 11.5 Å². The summed E-state index contributed by atoms with van der Waals surface area (Å²) in [5.41, 5.74) is 8.47. The minimum Gasteiger partial charge on any atom is -0.366 e. The van der Waals surface area contributed by atoms with Gasteiger partial charge in [0, 0.05) is 17.4 Å². The molecule has 0 aliphatic carbocycles. The molecule has 7 heteroatoms. The fraction of sp³-hybridized carbons (Fsp3) is 0.118. The van der Waals surface area contributed by atoms with Crippen LogP contribution in [0.25, 0.3) is 11.1 Å². The number of thioether (sulfide) groups is 1. The molecule has 0 aliphatic rings. The van der Waals surface area contributed by atoms with E-state index in [0.29, 0.717) is 11.4 Å². The van der Waals surface area contributed by atoms with E-state index in [2.05, 4.69) is 15.5 Å². The summed E-state index contributed by atoms with van der Waals surface area (Å²) in [5.74, 6) is 1.00. The molecule has 0 unspecified atom stereocenters. The van der Waals surface area contributed by atoms with Crippen LogP contribution in [0.5, 0.6) is 0 Å². The molecule has 0 fully saturated rings. The first kappa shape index (κ1) is 16.1. The number of nitrogens with two attached hydrogens (primary N) is 1. The van der Waals surface area contributed by atoms with E-state index in [1.165, 1.54) is 11.8 Å². The molecule has 122 valence electrons. The van der Waals surface area contributed by atoms with Gasteiger partial charge in [-0.2, -0.15) is 0 Å². The fourth-order valence-electron chi connectivity index (χ4n) is 2.34. The van der Waals surface area contributed by atoms with Gasteiger partial charge in [0.1, 0.15) is 16.6 Å². The summed E-state index contributed by atoms with van der Waals surface area (Å²) in [5, 5.41) is 8.11. The zero-order valence-electron chi connectivity index (χ0n) is 13.2. The van der Waals surface area contributed by atoms with Crippen LogP contribution in [-0.4, -0.2) is 22.3 Å². The Hall–Kier alpha value is -2.80. The maximum Gasteiger partial charge on any atom is 0.248 e. The number of nitrogens with one attached hydrogen (secondary N) is 1. The summed E-state index contributed by atoms with van der Waals surface area (Å²) < 4.78 is 5.28. The van der Waals surface area contributed by atoms with Gasteiger partial charge >= 0.3 is 0 Å². The van der Waals surface area contributed by atoms with Crippen molar-refractivity contribution in [1.29, 1.82) is 0 Å². The van der Waals surface area contributed by atoms with E-state index < -0.39 is 5.91 Å². The molecule has 0 bridgehead atoms. The van der Waals surface area contributed by atoms with Crippen LogP contribution in [0.15, 0.2) is 52.1 Å². The van der Waals surface area contributed by atoms with Crippen molar-refractivity contribution in [2.75, 3.05) is 11.6 Å². The highest BCUT2D eigenvalue weighted by molar-refractivity contribution is 7.98. The Morgan fingerprint density at radius 1 is 1.25 bits per heavy atom. The van der Waals surface area contributed by atoms with E-state index >= 15 is 0 Å². The molecule has 0 saturated carbocycles. The molecule has 3 N–H and O–H groups in total. The predicted octanol–water partition coefficient (Wildman–Crippen LogP) is 3.61. The van der Waals surface area contributed by atoms with Gasteiger partial charge < -0.3 is 15.6 Å². The Balaban J connectivity index is 1.88. The highest BCUT2D eigenvalue weighted by Gasteiger charge is 2.14. The van der Waals surface area contributed by atoms with Gasteiger partial charge in [-0.15, -0.1) is 11.8 Å². The van der Waals surface area contributed by atoms with E-state index in [1.54, 1.807) is 30.5 Å². The molecule has 1 aromatic carbocycles. The summed E-state index contributed by atoms with van der Waals surface area (Å²) in [6.45, 7) is 1.89. The largest absolute Gasteiger partial charge is 0.366 e. The zero-order chi connectivity index (χ0) is 17.1. The van der Waals surface area contributed by atoms with Crippen molar-refractivity contribution in [2.45, 2.75) is 11.9 Å². The van der Waals surface area contributed by atoms with Gasteiger partial charge in [0.15, 0.2) is 0 Å². The molecule has 3 rings (SSSR count). The number of rotatable bonds is 5. The van der Waals surface area contributed by atoms with Crippen molar-refractivity contribution in [3.05, 3.63) is 53.9 Å².